The van der Waals surface area contributed by atoms with E-state index in [2.05, 4.69) is 0 Å². The van der Waals surface area contributed by atoms with Crippen molar-refractivity contribution in [2.24, 2.45) is 0 Å². The van der Waals surface area contributed by atoms with E-state index in [1.807, 2.05) is 60.6 Å². The first kappa shape index (κ1) is 9.71. The lowest BCUT2D eigenvalue weighted by Gasteiger charge is -2.18. The Balaban J connectivity index is 2.23. The standard InChI is InChI=1S/C13H13NO/c1-14-9-5-8-12(10-14)13(15)11-6-3-2-4-7-11/h2-9H,10H2,1H3. The Bertz CT molecular complexity index is 417. The third-order valence-corrected chi connectivity index (χ3v) is 2.39. The number of hydrogen-bond donors (Lipinski definition) is 0. The smallest absolute Gasteiger partial charge is 0.190 e. The van der Waals surface area contributed by atoms with Crippen molar-refractivity contribution in [3.8, 4) is 0 Å². The lowest BCUT2D eigenvalue weighted by Crippen LogP contribution is -2.21. The monoisotopic (exact) mass is 199 g/mol. The molecule has 0 aromatic heterocycles. The average Bonchev–Trinajstić information content (AvgIpc) is 2.29. The molecule has 15 heavy (non-hydrogen) atoms. The highest BCUT2D eigenvalue weighted by molar-refractivity contribution is 6.09. The first-order chi connectivity index (χ1) is 7.27. The molecule has 0 saturated heterocycles. The molecular formula is C13H13NO. The van der Waals surface area contributed by atoms with Gasteiger partial charge >= 0.3 is 0 Å². The fourth-order valence-electron chi connectivity index (χ4n) is 1.60. The van der Waals surface area contributed by atoms with Gasteiger partial charge in [-0.2, -0.15) is 0 Å². The maximum absolute atomic E-state index is 12.0. The van der Waals surface area contributed by atoms with Crippen LogP contribution in [-0.4, -0.2) is 24.3 Å². The molecule has 1 aromatic rings. The predicted octanol–water partition coefficient (Wildman–Crippen LogP) is 2.25. The van der Waals surface area contributed by atoms with Gasteiger partial charge in [-0.1, -0.05) is 36.4 Å². The van der Waals surface area contributed by atoms with Crippen LogP contribution >= 0.6 is 0 Å². The minimum atomic E-state index is 0.117. The Hall–Kier alpha value is -1.83. The Kier molecular flexibility index (Phi) is 2.68. The van der Waals surface area contributed by atoms with Crippen LogP contribution in [0.25, 0.3) is 0 Å². The fourth-order valence-corrected chi connectivity index (χ4v) is 1.60. The van der Waals surface area contributed by atoms with Gasteiger partial charge < -0.3 is 4.90 Å². The maximum Gasteiger partial charge on any atom is 0.190 e. The van der Waals surface area contributed by atoms with E-state index < -0.39 is 0 Å². The highest BCUT2D eigenvalue weighted by atomic mass is 16.1. The molecule has 0 atom stereocenters. The van der Waals surface area contributed by atoms with Crippen molar-refractivity contribution in [3.63, 3.8) is 0 Å². The largest absolute Gasteiger partial charge is 0.376 e. The second-order valence-electron chi connectivity index (χ2n) is 3.64. The van der Waals surface area contributed by atoms with Gasteiger partial charge in [0.25, 0.3) is 0 Å². The van der Waals surface area contributed by atoms with Crippen molar-refractivity contribution < 1.29 is 4.79 Å². The molecule has 2 rings (SSSR count). The Morgan fingerprint density at radius 1 is 1.27 bits per heavy atom. The minimum absolute atomic E-state index is 0.117. The van der Waals surface area contributed by atoms with E-state index in [9.17, 15) is 4.79 Å². The van der Waals surface area contributed by atoms with Gasteiger partial charge in [0, 0.05) is 24.7 Å². The summed E-state index contributed by atoms with van der Waals surface area (Å²) in [6.45, 7) is 0.685. The molecule has 1 aliphatic heterocycles. The number of carbonyl (C=O) groups excluding carboxylic acids is 1. The van der Waals surface area contributed by atoms with Crippen LogP contribution in [0.1, 0.15) is 10.4 Å². The van der Waals surface area contributed by atoms with Gasteiger partial charge in [-0.05, 0) is 12.3 Å². The molecule has 0 amide bonds. The summed E-state index contributed by atoms with van der Waals surface area (Å²) in [4.78, 5) is 14.0. The van der Waals surface area contributed by atoms with E-state index in [1.165, 1.54) is 0 Å². The van der Waals surface area contributed by atoms with E-state index in [1.54, 1.807) is 0 Å². The zero-order valence-corrected chi connectivity index (χ0v) is 8.68. The zero-order valence-electron chi connectivity index (χ0n) is 8.68. The third-order valence-electron chi connectivity index (χ3n) is 2.39. The van der Waals surface area contributed by atoms with Gasteiger partial charge in [-0.15, -0.1) is 0 Å². The second-order valence-corrected chi connectivity index (χ2v) is 3.64. The zero-order chi connectivity index (χ0) is 10.7. The van der Waals surface area contributed by atoms with Crippen LogP contribution in [0.5, 0.6) is 0 Å². The van der Waals surface area contributed by atoms with Crippen LogP contribution in [0.4, 0.5) is 0 Å². The lowest BCUT2D eigenvalue weighted by molar-refractivity contribution is 0.102. The normalized spacial score (nSPS) is 15.0. The fraction of sp³-hybridized carbons (Fsp3) is 0.154. The van der Waals surface area contributed by atoms with Crippen LogP contribution in [0, 0.1) is 0 Å². The van der Waals surface area contributed by atoms with Crippen LogP contribution in [0.15, 0.2) is 54.3 Å². The van der Waals surface area contributed by atoms with Crippen molar-refractivity contribution in [1.82, 2.24) is 4.90 Å². The molecule has 76 valence electrons. The van der Waals surface area contributed by atoms with E-state index in [0.29, 0.717) is 6.54 Å². The SMILES string of the molecule is CN1C=CC=C(C(=O)c2ccccc2)C1. The number of hydrogen-bond acceptors (Lipinski definition) is 2. The molecule has 1 heterocycles. The molecule has 1 aliphatic rings. The van der Waals surface area contributed by atoms with E-state index in [-0.39, 0.29) is 5.78 Å². The molecule has 0 unspecified atom stereocenters. The molecule has 0 radical (unpaired) electrons. The number of rotatable bonds is 2. The molecule has 0 fully saturated rings. The van der Waals surface area contributed by atoms with Crippen molar-refractivity contribution >= 4 is 5.78 Å². The van der Waals surface area contributed by atoms with Gasteiger partial charge in [0.2, 0.25) is 0 Å². The third kappa shape index (κ3) is 2.15. The second kappa shape index (κ2) is 4.13. The van der Waals surface area contributed by atoms with Crippen LogP contribution in [0.3, 0.4) is 0 Å². The minimum Gasteiger partial charge on any atom is -0.376 e. The Morgan fingerprint density at radius 3 is 2.67 bits per heavy atom. The van der Waals surface area contributed by atoms with Crippen LogP contribution < -0.4 is 0 Å². The van der Waals surface area contributed by atoms with E-state index >= 15 is 0 Å². The van der Waals surface area contributed by atoms with Gasteiger partial charge in [0.1, 0.15) is 0 Å². The molecular weight excluding hydrogens is 186 g/mol. The number of benzene rings is 1. The summed E-state index contributed by atoms with van der Waals surface area (Å²) >= 11 is 0. The van der Waals surface area contributed by atoms with E-state index in [4.69, 9.17) is 0 Å². The number of ketones is 1. The summed E-state index contributed by atoms with van der Waals surface area (Å²) in [5.74, 6) is 0.117. The van der Waals surface area contributed by atoms with Gasteiger partial charge in [0.15, 0.2) is 5.78 Å². The Labute approximate surface area is 89.5 Å². The number of allylic oxidation sites excluding steroid dienone is 2. The molecule has 0 aliphatic carbocycles. The molecule has 0 N–H and O–H groups in total. The molecule has 1 aromatic carbocycles. The highest BCUT2D eigenvalue weighted by Gasteiger charge is 2.13. The Morgan fingerprint density at radius 2 is 2.00 bits per heavy atom. The number of nitrogens with zero attached hydrogens (tertiary/aromatic N) is 1. The van der Waals surface area contributed by atoms with Crippen molar-refractivity contribution in [1.29, 1.82) is 0 Å². The van der Waals surface area contributed by atoms with E-state index in [0.717, 1.165) is 11.1 Å². The number of likely N-dealkylation sites (N-methyl/N-ethyl adjacent to an activating group) is 1. The topological polar surface area (TPSA) is 20.3 Å². The summed E-state index contributed by atoms with van der Waals surface area (Å²) in [7, 11) is 1.96. The molecule has 0 saturated carbocycles. The quantitative estimate of drug-likeness (QED) is 0.681. The predicted molar refractivity (Wildman–Crippen MR) is 60.6 cm³/mol. The van der Waals surface area contributed by atoms with Crippen molar-refractivity contribution in [3.05, 3.63) is 59.8 Å². The summed E-state index contributed by atoms with van der Waals surface area (Å²) in [5, 5.41) is 0. The van der Waals surface area contributed by atoms with Crippen LogP contribution in [-0.2, 0) is 0 Å². The summed E-state index contributed by atoms with van der Waals surface area (Å²) < 4.78 is 0. The number of Topliss-reactive ketones (excluding diaryl/α,β-unsaturated/α-hetero) is 1. The molecule has 0 spiro atoms. The van der Waals surface area contributed by atoms with Gasteiger partial charge in [0.05, 0.1) is 0 Å². The first-order valence-corrected chi connectivity index (χ1v) is 4.95. The summed E-state index contributed by atoms with van der Waals surface area (Å²) in [6.07, 6.45) is 5.75. The molecule has 0 bridgehead atoms. The van der Waals surface area contributed by atoms with Crippen LogP contribution in [0.2, 0.25) is 0 Å². The number of carbonyl (C=O) groups is 1. The molecule has 2 nitrogen and oxygen atoms in total. The summed E-state index contributed by atoms with van der Waals surface area (Å²) in [6, 6.07) is 9.38. The van der Waals surface area contributed by atoms with Crippen molar-refractivity contribution in [2.75, 3.05) is 13.6 Å². The van der Waals surface area contributed by atoms with Crippen molar-refractivity contribution in [2.45, 2.75) is 0 Å². The lowest BCUT2D eigenvalue weighted by atomic mass is 10.0. The van der Waals surface area contributed by atoms with Gasteiger partial charge in [-0.3, -0.25) is 4.79 Å². The maximum atomic E-state index is 12.0. The summed E-state index contributed by atoms with van der Waals surface area (Å²) in [5.41, 5.74) is 1.60. The highest BCUT2D eigenvalue weighted by Crippen LogP contribution is 2.12. The molecule has 2 heteroatoms. The first-order valence-electron chi connectivity index (χ1n) is 4.95. The van der Waals surface area contributed by atoms with Gasteiger partial charge in [-0.25, -0.2) is 0 Å². The average molecular weight is 199 g/mol.